The number of amides is 1. The Kier molecular flexibility index (Phi) is 4.05. The van der Waals surface area contributed by atoms with E-state index in [9.17, 15) is 14.7 Å². The topological polar surface area (TPSA) is 60.9 Å². The molecule has 1 fully saturated rings. The smallest absolute Gasteiger partial charge is 0.242 e. The lowest BCUT2D eigenvalue weighted by molar-refractivity contribution is -0.147. The predicted molar refractivity (Wildman–Crippen MR) is 80.2 cm³/mol. The molecule has 0 atom stereocenters. The summed E-state index contributed by atoms with van der Waals surface area (Å²) in [6, 6.07) is 4.86. The molecule has 2 rings (SSSR count). The fourth-order valence-electron chi connectivity index (χ4n) is 2.67. The van der Waals surface area contributed by atoms with Gasteiger partial charge in [0.2, 0.25) is 5.91 Å². The van der Waals surface area contributed by atoms with Gasteiger partial charge in [0, 0.05) is 37.8 Å². The van der Waals surface area contributed by atoms with E-state index in [-0.39, 0.29) is 17.4 Å². The van der Waals surface area contributed by atoms with Crippen LogP contribution in [0.2, 0.25) is 0 Å². The van der Waals surface area contributed by atoms with Gasteiger partial charge in [0.05, 0.1) is 5.54 Å². The molecular weight excluding hydrogens is 268 g/mol. The fourth-order valence-corrected chi connectivity index (χ4v) is 2.67. The van der Waals surface area contributed by atoms with E-state index in [0.717, 1.165) is 6.54 Å². The molecule has 0 bridgehead atoms. The van der Waals surface area contributed by atoms with E-state index in [1.807, 2.05) is 18.7 Å². The lowest BCUT2D eigenvalue weighted by Gasteiger charge is -2.44. The number of Topliss-reactive ketones (excluding diaryl/α,β-unsaturated/α-hetero) is 1. The van der Waals surface area contributed by atoms with Crippen molar-refractivity contribution in [2.45, 2.75) is 32.9 Å². The van der Waals surface area contributed by atoms with Gasteiger partial charge < -0.3 is 10.0 Å². The van der Waals surface area contributed by atoms with Crippen molar-refractivity contribution in [2.75, 3.05) is 20.1 Å². The molecule has 5 nitrogen and oxygen atoms in total. The van der Waals surface area contributed by atoms with Gasteiger partial charge in [-0.2, -0.15) is 0 Å². The van der Waals surface area contributed by atoms with Crippen LogP contribution in [0.5, 0.6) is 5.75 Å². The molecule has 5 heteroatoms. The second-order valence-electron chi connectivity index (χ2n) is 6.11. The Hall–Kier alpha value is -1.88. The third-order valence-electron chi connectivity index (χ3n) is 4.21. The minimum atomic E-state index is -0.619. The molecule has 0 radical (unpaired) electrons. The highest BCUT2D eigenvalue weighted by molar-refractivity contribution is 5.94. The molecule has 0 aliphatic carbocycles. The number of hydrogen-bond acceptors (Lipinski definition) is 4. The number of likely N-dealkylation sites (N-methyl/N-ethyl adjacent to an activating group) is 1. The summed E-state index contributed by atoms with van der Waals surface area (Å²) in [7, 11) is 1.80. The Morgan fingerprint density at radius 2 is 2.00 bits per heavy atom. The van der Waals surface area contributed by atoms with Crippen molar-refractivity contribution < 1.29 is 14.7 Å². The largest absolute Gasteiger partial charge is 0.508 e. The minimum Gasteiger partial charge on any atom is -0.508 e. The number of phenolic OH excluding ortho intramolecular Hbond substituents is 1. The van der Waals surface area contributed by atoms with Crippen molar-refractivity contribution in [3.05, 3.63) is 29.3 Å². The summed E-state index contributed by atoms with van der Waals surface area (Å²) >= 11 is 0. The monoisotopic (exact) mass is 290 g/mol. The van der Waals surface area contributed by atoms with Gasteiger partial charge in [-0.15, -0.1) is 0 Å². The Labute approximate surface area is 125 Å². The van der Waals surface area contributed by atoms with E-state index in [0.29, 0.717) is 24.2 Å². The number of piperazine rings is 1. The van der Waals surface area contributed by atoms with Crippen LogP contribution >= 0.6 is 0 Å². The average Bonchev–Trinajstić information content (AvgIpc) is 2.41. The van der Waals surface area contributed by atoms with Gasteiger partial charge in [0.25, 0.3) is 0 Å². The second kappa shape index (κ2) is 5.48. The highest BCUT2D eigenvalue weighted by Crippen LogP contribution is 2.27. The van der Waals surface area contributed by atoms with Crippen LogP contribution in [0.25, 0.3) is 0 Å². The molecule has 1 aliphatic heterocycles. The first kappa shape index (κ1) is 15.5. The Morgan fingerprint density at radius 1 is 1.33 bits per heavy atom. The van der Waals surface area contributed by atoms with Crippen molar-refractivity contribution in [1.82, 2.24) is 9.80 Å². The molecule has 0 unspecified atom stereocenters. The molecule has 1 amide bonds. The number of benzene rings is 1. The molecule has 1 aromatic carbocycles. The quantitative estimate of drug-likeness (QED) is 0.860. The summed E-state index contributed by atoms with van der Waals surface area (Å²) in [6.45, 7) is 7.11. The Morgan fingerprint density at radius 3 is 2.62 bits per heavy atom. The fraction of sp³-hybridized carbons (Fsp3) is 0.500. The zero-order valence-electron chi connectivity index (χ0n) is 13.0. The lowest BCUT2D eigenvalue weighted by Crippen LogP contribution is -2.61. The van der Waals surface area contributed by atoms with Crippen molar-refractivity contribution in [3.63, 3.8) is 0 Å². The van der Waals surface area contributed by atoms with Crippen LogP contribution in [-0.2, 0) is 11.3 Å². The van der Waals surface area contributed by atoms with E-state index >= 15 is 0 Å². The number of nitrogens with zero attached hydrogens (tertiary/aromatic N) is 2. The maximum Gasteiger partial charge on any atom is 0.242 e. The number of hydrogen-bond donors (Lipinski definition) is 1. The van der Waals surface area contributed by atoms with Crippen LogP contribution in [-0.4, -0.2) is 52.3 Å². The van der Waals surface area contributed by atoms with Gasteiger partial charge in [-0.05, 0) is 39.0 Å². The zero-order chi connectivity index (χ0) is 15.8. The summed E-state index contributed by atoms with van der Waals surface area (Å²) < 4.78 is 0. The minimum absolute atomic E-state index is 0.0371. The Bertz CT molecular complexity index is 581. The highest BCUT2D eigenvalue weighted by atomic mass is 16.3. The van der Waals surface area contributed by atoms with E-state index in [2.05, 4.69) is 0 Å². The standard InChI is InChI=1S/C16H22N2O3/c1-11(19)12-5-6-14(20)13(9-12)10-18-8-7-17(4)15(21)16(18,2)3/h5-6,9,20H,7-8,10H2,1-4H3. The zero-order valence-corrected chi connectivity index (χ0v) is 13.0. The van der Waals surface area contributed by atoms with E-state index in [1.165, 1.54) is 13.0 Å². The Balaban J connectivity index is 2.27. The predicted octanol–water partition coefficient (Wildman–Crippen LogP) is 1.65. The van der Waals surface area contributed by atoms with Crippen LogP contribution < -0.4 is 0 Å². The van der Waals surface area contributed by atoms with Crippen LogP contribution in [0.1, 0.15) is 36.7 Å². The normalized spacial score (nSPS) is 18.9. The maximum absolute atomic E-state index is 12.3. The molecule has 1 aromatic rings. The van der Waals surface area contributed by atoms with Crippen molar-refractivity contribution >= 4 is 11.7 Å². The molecule has 1 aliphatic rings. The van der Waals surface area contributed by atoms with Gasteiger partial charge in [-0.3, -0.25) is 14.5 Å². The SMILES string of the molecule is CC(=O)c1ccc(O)c(CN2CCN(C)C(=O)C2(C)C)c1. The summed E-state index contributed by atoms with van der Waals surface area (Å²) in [4.78, 5) is 27.5. The molecule has 0 spiro atoms. The molecular formula is C16H22N2O3. The van der Waals surface area contributed by atoms with Crippen LogP contribution in [0.15, 0.2) is 18.2 Å². The first-order valence-electron chi connectivity index (χ1n) is 7.07. The first-order valence-corrected chi connectivity index (χ1v) is 7.07. The first-order chi connectivity index (χ1) is 9.73. The van der Waals surface area contributed by atoms with E-state index < -0.39 is 5.54 Å². The molecule has 1 saturated heterocycles. The van der Waals surface area contributed by atoms with Crippen LogP contribution in [0, 0.1) is 0 Å². The molecule has 0 saturated carbocycles. The van der Waals surface area contributed by atoms with Gasteiger partial charge in [0.1, 0.15) is 5.75 Å². The molecule has 1 N–H and O–H groups in total. The number of ketones is 1. The van der Waals surface area contributed by atoms with Crippen molar-refractivity contribution in [3.8, 4) is 5.75 Å². The third-order valence-corrected chi connectivity index (χ3v) is 4.21. The summed E-state index contributed by atoms with van der Waals surface area (Å²) in [5.41, 5.74) is 0.625. The van der Waals surface area contributed by atoms with Gasteiger partial charge in [0.15, 0.2) is 5.78 Å². The summed E-state index contributed by atoms with van der Waals surface area (Å²) in [5, 5.41) is 10.0. The number of aromatic hydroxyl groups is 1. The average molecular weight is 290 g/mol. The van der Waals surface area contributed by atoms with Crippen LogP contribution in [0.3, 0.4) is 0 Å². The van der Waals surface area contributed by atoms with Gasteiger partial charge in [-0.25, -0.2) is 0 Å². The van der Waals surface area contributed by atoms with E-state index in [1.54, 1.807) is 24.1 Å². The third kappa shape index (κ3) is 2.93. The molecule has 0 aromatic heterocycles. The second-order valence-corrected chi connectivity index (χ2v) is 6.11. The highest BCUT2D eigenvalue weighted by Gasteiger charge is 2.40. The number of phenols is 1. The molecule has 21 heavy (non-hydrogen) atoms. The molecule has 1 heterocycles. The summed E-state index contributed by atoms with van der Waals surface area (Å²) in [5.74, 6) is 0.183. The van der Waals surface area contributed by atoms with E-state index in [4.69, 9.17) is 0 Å². The lowest BCUT2D eigenvalue weighted by atomic mass is 9.96. The van der Waals surface area contributed by atoms with Crippen molar-refractivity contribution in [1.29, 1.82) is 0 Å². The summed E-state index contributed by atoms with van der Waals surface area (Å²) in [6.07, 6.45) is 0. The maximum atomic E-state index is 12.3. The van der Waals surface area contributed by atoms with Gasteiger partial charge >= 0.3 is 0 Å². The number of carbonyl (C=O) groups excluding carboxylic acids is 2. The van der Waals surface area contributed by atoms with Crippen LogP contribution in [0.4, 0.5) is 0 Å². The number of rotatable bonds is 3. The van der Waals surface area contributed by atoms with Crippen molar-refractivity contribution in [2.24, 2.45) is 0 Å². The van der Waals surface area contributed by atoms with Gasteiger partial charge in [-0.1, -0.05) is 0 Å². The molecule has 114 valence electrons. The number of carbonyl (C=O) groups is 2.